The Bertz CT molecular complexity index is 747. The van der Waals surface area contributed by atoms with Crippen LogP contribution in [0.25, 0.3) is 0 Å². The Hall–Kier alpha value is -2.35. The molecular formula is C18H22N4O3S. The van der Waals surface area contributed by atoms with E-state index in [1.54, 1.807) is 6.08 Å². The second-order valence-corrected chi connectivity index (χ2v) is 7.53. The molecule has 2 aliphatic heterocycles. The van der Waals surface area contributed by atoms with Gasteiger partial charge in [-0.25, -0.2) is 9.98 Å². The number of rotatable bonds is 5. The largest absolute Gasteiger partial charge is 0.343 e. The maximum atomic E-state index is 12.3. The Morgan fingerprint density at radius 1 is 1.35 bits per heavy atom. The monoisotopic (exact) mass is 374 g/mol. The Morgan fingerprint density at radius 2 is 2.12 bits per heavy atom. The number of dihydropyridines is 1. The molecule has 1 saturated heterocycles. The number of amides is 3. The van der Waals surface area contributed by atoms with Crippen molar-refractivity contribution in [2.75, 3.05) is 18.4 Å². The number of thiazole rings is 1. The molecule has 8 heteroatoms. The third-order valence-electron chi connectivity index (χ3n) is 4.65. The van der Waals surface area contributed by atoms with Crippen molar-refractivity contribution in [1.82, 2.24) is 9.88 Å². The van der Waals surface area contributed by atoms with E-state index < -0.39 is 17.7 Å². The molecule has 3 heterocycles. The van der Waals surface area contributed by atoms with Crippen LogP contribution in [0.5, 0.6) is 0 Å². The summed E-state index contributed by atoms with van der Waals surface area (Å²) >= 11 is 1.29. The van der Waals surface area contributed by atoms with Crippen LogP contribution in [0.1, 0.15) is 31.9 Å². The zero-order valence-corrected chi connectivity index (χ0v) is 15.5. The van der Waals surface area contributed by atoms with Crippen LogP contribution in [0, 0.1) is 11.8 Å². The predicted octanol–water partition coefficient (Wildman–Crippen LogP) is 2.06. The number of likely N-dealkylation sites (tertiary alicyclic amines) is 1. The molecule has 1 unspecified atom stereocenters. The zero-order chi connectivity index (χ0) is 18.5. The quantitative estimate of drug-likeness (QED) is 0.799. The van der Waals surface area contributed by atoms with E-state index in [-0.39, 0.29) is 5.91 Å². The van der Waals surface area contributed by atoms with Crippen LogP contribution in [0.3, 0.4) is 0 Å². The molecule has 1 aromatic rings. The highest BCUT2D eigenvalue weighted by Gasteiger charge is 2.25. The van der Waals surface area contributed by atoms with E-state index in [9.17, 15) is 14.4 Å². The van der Waals surface area contributed by atoms with E-state index in [0.29, 0.717) is 23.9 Å². The molecule has 2 aliphatic rings. The third-order valence-corrected chi connectivity index (χ3v) is 5.46. The minimum absolute atomic E-state index is 0.159. The van der Waals surface area contributed by atoms with E-state index in [1.807, 2.05) is 10.3 Å². The molecule has 0 aliphatic carbocycles. The van der Waals surface area contributed by atoms with E-state index >= 15 is 0 Å². The maximum Gasteiger partial charge on any atom is 0.262 e. The molecule has 0 bridgehead atoms. The number of nitrogens with one attached hydrogen (secondary N) is 1. The minimum atomic E-state index is -0.907. The van der Waals surface area contributed by atoms with E-state index in [1.165, 1.54) is 23.6 Å². The van der Waals surface area contributed by atoms with Gasteiger partial charge < -0.3 is 10.2 Å². The number of carbonyl (C=O) groups excluding carboxylic acids is 3. The van der Waals surface area contributed by atoms with Crippen LogP contribution < -0.4 is 5.32 Å². The molecule has 7 nitrogen and oxygen atoms in total. The van der Waals surface area contributed by atoms with Gasteiger partial charge in [0.05, 0.1) is 5.69 Å². The van der Waals surface area contributed by atoms with Gasteiger partial charge in [-0.15, -0.1) is 11.3 Å². The van der Waals surface area contributed by atoms with Gasteiger partial charge in [0, 0.05) is 31.1 Å². The number of anilines is 1. The molecule has 0 radical (unpaired) electrons. The number of carbonyl (C=O) groups is 3. The first kappa shape index (κ1) is 18.4. The second-order valence-electron chi connectivity index (χ2n) is 6.68. The molecule has 1 aromatic heterocycles. The molecule has 3 amide bonds. The van der Waals surface area contributed by atoms with Crippen molar-refractivity contribution in [2.24, 2.45) is 16.8 Å². The van der Waals surface area contributed by atoms with Gasteiger partial charge in [0.2, 0.25) is 11.8 Å². The number of hydrogen-bond donors (Lipinski definition) is 1. The molecule has 1 N–H and O–H groups in total. The summed E-state index contributed by atoms with van der Waals surface area (Å²) in [4.78, 5) is 45.9. The highest BCUT2D eigenvalue weighted by molar-refractivity contribution is 7.13. The van der Waals surface area contributed by atoms with Crippen LogP contribution in [-0.4, -0.2) is 46.9 Å². The number of aromatic nitrogens is 1. The van der Waals surface area contributed by atoms with Crippen molar-refractivity contribution in [3.8, 4) is 0 Å². The lowest BCUT2D eigenvalue weighted by molar-refractivity contribution is -0.132. The zero-order valence-electron chi connectivity index (χ0n) is 14.7. The molecular weight excluding hydrogens is 352 g/mol. The predicted molar refractivity (Wildman–Crippen MR) is 100 cm³/mol. The van der Waals surface area contributed by atoms with Crippen molar-refractivity contribution in [3.05, 3.63) is 23.2 Å². The first-order chi connectivity index (χ1) is 12.5. The number of aliphatic imine (C=N–C) groups is 1. The summed E-state index contributed by atoms with van der Waals surface area (Å²) in [7, 11) is 0. The van der Waals surface area contributed by atoms with E-state index in [0.717, 1.165) is 31.6 Å². The van der Waals surface area contributed by atoms with Crippen LogP contribution in [0.2, 0.25) is 0 Å². The van der Waals surface area contributed by atoms with E-state index in [2.05, 4.69) is 22.2 Å². The summed E-state index contributed by atoms with van der Waals surface area (Å²) < 4.78 is 0. The van der Waals surface area contributed by atoms with Gasteiger partial charge >= 0.3 is 0 Å². The Morgan fingerprint density at radius 3 is 2.85 bits per heavy atom. The number of nitrogens with zero attached hydrogens (tertiary/aromatic N) is 3. The van der Waals surface area contributed by atoms with Gasteiger partial charge in [-0.05, 0) is 31.3 Å². The standard InChI is InChI=1S/C18H22N4O3S/c1-12-6-9-22(10-7-12)15(23)5-4-13-11-26-18(20-13)21-17(25)14-3-2-8-19-16(14)24/h2-3,8,11-12,14H,4-7,9-10H2,1H3,(H,20,21,25). The number of piperidine rings is 1. The van der Waals surface area contributed by atoms with Crippen molar-refractivity contribution < 1.29 is 14.4 Å². The molecule has 26 heavy (non-hydrogen) atoms. The minimum Gasteiger partial charge on any atom is -0.343 e. The van der Waals surface area contributed by atoms with E-state index in [4.69, 9.17) is 0 Å². The highest BCUT2D eigenvalue weighted by atomic mass is 32.1. The van der Waals surface area contributed by atoms with Gasteiger partial charge in [-0.2, -0.15) is 0 Å². The van der Waals surface area contributed by atoms with Crippen LogP contribution >= 0.6 is 11.3 Å². The van der Waals surface area contributed by atoms with Crippen molar-refractivity contribution >= 4 is 40.4 Å². The topological polar surface area (TPSA) is 91.7 Å². The fourth-order valence-electron chi connectivity index (χ4n) is 2.95. The second kappa shape index (κ2) is 8.35. The maximum absolute atomic E-state index is 12.3. The summed E-state index contributed by atoms with van der Waals surface area (Å²) in [6.07, 6.45) is 7.55. The van der Waals surface area contributed by atoms with Gasteiger partial charge in [0.1, 0.15) is 5.92 Å². The molecule has 0 spiro atoms. The SMILES string of the molecule is CC1CCN(C(=O)CCc2csc(NC(=O)C3C=CC=NC3=O)n2)CC1. The normalized spacial score (nSPS) is 20.4. The first-order valence-corrected chi connectivity index (χ1v) is 9.68. The van der Waals surface area contributed by atoms with Gasteiger partial charge in [-0.3, -0.25) is 14.4 Å². The molecule has 138 valence electrons. The summed E-state index contributed by atoms with van der Waals surface area (Å²) in [6, 6.07) is 0. The number of hydrogen-bond acceptors (Lipinski definition) is 5. The van der Waals surface area contributed by atoms with Crippen molar-refractivity contribution in [3.63, 3.8) is 0 Å². The molecule has 1 fully saturated rings. The average molecular weight is 374 g/mol. The smallest absolute Gasteiger partial charge is 0.262 e. The van der Waals surface area contributed by atoms with Crippen molar-refractivity contribution in [1.29, 1.82) is 0 Å². The Balaban J connectivity index is 1.48. The average Bonchev–Trinajstić information content (AvgIpc) is 3.08. The summed E-state index contributed by atoms with van der Waals surface area (Å²) in [5.41, 5.74) is 0.771. The van der Waals surface area contributed by atoms with Gasteiger partial charge in [-0.1, -0.05) is 13.0 Å². The lowest BCUT2D eigenvalue weighted by Crippen LogP contribution is -2.38. The summed E-state index contributed by atoms with van der Waals surface area (Å²) in [5, 5.41) is 4.91. The third kappa shape index (κ3) is 4.63. The molecule has 0 aromatic carbocycles. The van der Waals surface area contributed by atoms with Gasteiger partial charge in [0.25, 0.3) is 5.91 Å². The molecule has 3 rings (SSSR count). The first-order valence-electron chi connectivity index (χ1n) is 8.80. The van der Waals surface area contributed by atoms with Crippen LogP contribution in [0.4, 0.5) is 5.13 Å². The van der Waals surface area contributed by atoms with Crippen LogP contribution in [0.15, 0.2) is 22.5 Å². The molecule has 1 atom stereocenters. The summed E-state index contributed by atoms with van der Waals surface area (Å²) in [5.74, 6) is -0.979. The lowest BCUT2D eigenvalue weighted by atomic mass is 9.99. The Labute approximate surface area is 156 Å². The highest BCUT2D eigenvalue weighted by Crippen LogP contribution is 2.20. The fraction of sp³-hybridized carbons (Fsp3) is 0.500. The lowest BCUT2D eigenvalue weighted by Gasteiger charge is -2.30. The number of aryl methyl sites for hydroxylation is 1. The summed E-state index contributed by atoms with van der Waals surface area (Å²) in [6.45, 7) is 3.89. The number of allylic oxidation sites excluding steroid dienone is 1. The Kier molecular flexibility index (Phi) is 5.92. The van der Waals surface area contributed by atoms with Crippen LogP contribution in [-0.2, 0) is 20.8 Å². The van der Waals surface area contributed by atoms with Gasteiger partial charge in [0.15, 0.2) is 5.13 Å². The van der Waals surface area contributed by atoms with Crippen molar-refractivity contribution in [2.45, 2.75) is 32.6 Å². The molecule has 0 saturated carbocycles. The fourth-order valence-corrected chi connectivity index (χ4v) is 3.70.